The zero-order valence-corrected chi connectivity index (χ0v) is 10.8. The Morgan fingerprint density at radius 3 is 2.63 bits per heavy atom. The number of nitrogens with zero attached hydrogens (tertiary/aromatic N) is 2. The fourth-order valence-corrected chi connectivity index (χ4v) is 2.33. The van der Waals surface area contributed by atoms with Gasteiger partial charge in [0.15, 0.2) is 11.6 Å². The van der Waals surface area contributed by atoms with Crippen LogP contribution in [0.2, 0.25) is 0 Å². The van der Waals surface area contributed by atoms with Crippen molar-refractivity contribution in [3.8, 4) is 0 Å². The largest absolute Gasteiger partial charge is 0.397 e. The van der Waals surface area contributed by atoms with E-state index in [0.29, 0.717) is 32.6 Å². The van der Waals surface area contributed by atoms with Crippen LogP contribution in [-0.4, -0.2) is 37.0 Å². The monoisotopic (exact) mass is 269 g/mol. The van der Waals surface area contributed by atoms with Crippen LogP contribution in [-0.2, 0) is 4.79 Å². The summed E-state index contributed by atoms with van der Waals surface area (Å²) in [5.41, 5.74) is 6.06. The Morgan fingerprint density at radius 2 is 1.95 bits per heavy atom. The maximum Gasteiger partial charge on any atom is 0.219 e. The molecule has 0 atom stereocenters. The lowest BCUT2D eigenvalue weighted by Crippen LogP contribution is -2.34. The Hall–Kier alpha value is -1.85. The topological polar surface area (TPSA) is 49.6 Å². The lowest BCUT2D eigenvalue weighted by Gasteiger charge is -2.25. The van der Waals surface area contributed by atoms with E-state index in [1.807, 2.05) is 0 Å². The van der Waals surface area contributed by atoms with Gasteiger partial charge < -0.3 is 15.5 Å². The summed E-state index contributed by atoms with van der Waals surface area (Å²) in [7, 11) is 0. The van der Waals surface area contributed by atoms with E-state index in [2.05, 4.69) is 0 Å². The van der Waals surface area contributed by atoms with Crippen LogP contribution in [0.1, 0.15) is 13.3 Å². The molecule has 0 saturated carbocycles. The molecule has 1 fully saturated rings. The molecule has 1 heterocycles. The van der Waals surface area contributed by atoms with E-state index in [-0.39, 0.29) is 17.3 Å². The highest BCUT2D eigenvalue weighted by atomic mass is 19.2. The second kappa shape index (κ2) is 5.42. The molecule has 1 saturated heterocycles. The average Bonchev–Trinajstić information content (AvgIpc) is 2.60. The van der Waals surface area contributed by atoms with Gasteiger partial charge >= 0.3 is 0 Å². The van der Waals surface area contributed by atoms with Crippen molar-refractivity contribution < 1.29 is 13.6 Å². The fourth-order valence-electron chi connectivity index (χ4n) is 2.33. The molecule has 2 rings (SSSR count). The van der Waals surface area contributed by atoms with E-state index in [0.717, 1.165) is 6.07 Å². The predicted octanol–water partition coefficient (Wildman–Crippen LogP) is 1.61. The van der Waals surface area contributed by atoms with Gasteiger partial charge in [0.1, 0.15) is 0 Å². The van der Waals surface area contributed by atoms with E-state index in [1.165, 1.54) is 13.0 Å². The fraction of sp³-hybridized carbons (Fsp3) is 0.462. The van der Waals surface area contributed by atoms with E-state index in [9.17, 15) is 13.6 Å². The molecule has 19 heavy (non-hydrogen) atoms. The van der Waals surface area contributed by atoms with Crippen LogP contribution in [0.25, 0.3) is 0 Å². The highest BCUT2D eigenvalue weighted by Gasteiger charge is 2.22. The van der Waals surface area contributed by atoms with Crippen molar-refractivity contribution in [3.63, 3.8) is 0 Å². The molecule has 1 aliphatic heterocycles. The molecular weight excluding hydrogens is 252 g/mol. The maximum absolute atomic E-state index is 13.9. The molecule has 104 valence electrons. The summed E-state index contributed by atoms with van der Waals surface area (Å²) in [5, 5.41) is 0. The number of nitrogen functional groups attached to an aromatic ring is 1. The van der Waals surface area contributed by atoms with E-state index in [4.69, 9.17) is 5.73 Å². The summed E-state index contributed by atoms with van der Waals surface area (Å²) >= 11 is 0. The third-order valence-corrected chi connectivity index (χ3v) is 3.36. The molecule has 1 amide bonds. The Balaban J connectivity index is 2.23. The number of hydrogen-bond acceptors (Lipinski definition) is 3. The number of hydrogen-bond donors (Lipinski definition) is 1. The number of benzene rings is 1. The highest BCUT2D eigenvalue weighted by molar-refractivity contribution is 5.73. The zero-order chi connectivity index (χ0) is 14.0. The predicted molar refractivity (Wildman–Crippen MR) is 69.9 cm³/mol. The van der Waals surface area contributed by atoms with Crippen LogP contribution in [0, 0.1) is 11.6 Å². The number of halogens is 2. The Kier molecular flexibility index (Phi) is 3.87. The molecule has 0 radical (unpaired) electrons. The van der Waals surface area contributed by atoms with Crippen molar-refractivity contribution in [2.24, 2.45) is 0 Å². The molecule has 1 aliphatic rings. The normalized spacial score (nSPS) is 16.4. The van der Waals surface area contributed by atoms with E-state index >= 15 is 0 Å². The van der Waals surface area contributed by atoms with Crippen LogP contribution in [0.4, 0.5) is 20.2 Å². The first kappa shape index (κ1) is 13.6. The van der Waals surface area contributed by atoms with Gasteiger partial charge in [-0.05, 0) is 18.6 Å². The first-order valence-corrected chi connectivity index (χ1v) is 6.24. The molecule has 1 aromatic rings. The minimum atomic E-state index is -0.920. The van der Waals surface area contributed by atoms with Crippen molar-refractivity contribution in [3.05, 3.63) is 23.8 Å². The number of rotatable bonds is 1. The van der Waals surface area contributed by atoms with Crippen LogP contribution in [0.15, 0.2) is 12.1 Å². The first-order chi connectivity index (χ1) is 9.00. The second-order valence-corrected chi connectivity index (χ2v) is 4.65. The van der Waals surface area contributed by atoms with Gasteiger partial charge in [0.25, 0.3) is 0 Å². The Morgan fingerprint density at radius 1 is 1.21 bits per heavy atom. The summed E-state index contributed by atoms with van der Waals surface area (Å²) in [4.78, 5) is 14.7. The van der Waals surface area contributed by atoms with Gasteiger partial charge in [0.2, 0.25) is 5.91 Å². The molecule has 2 N–H and O–H groups in total. The third kappa shape index (κ3) is 2.77. The standard InChI is InChI=1S/C13H17F2N3O/c1-9(19)17-5-2-6-18(8-7-17)13-11(16)4-3-10(14)12(13)15/h3-4H,2,5-8,16H2,1H3. The maximum atomic E-state index is 13.9. The van der Waals surface area contributed by atoms with Crippen molar-refractivity contribution in [1.29, 1.82) is 0 Å². The van der Waals surface area contributed by atoms with Crippen LogP contribution < -0.4 is 10.6 Å². The first-order valence-electron chi connectivity index (χ1n) is 6.24. The summed E-state index contributed by atoms with van der Waals surface area (Å²) < 4.78 is 27.2. The van der Waals surface area contributed by atoms with Crippen molar-refractivity contribution in [2.45, 2.75) is 13.3 Å². The van der Waals surface area contributed by atoms with Crippen molar-refractivity contribution in [1.82, 2.24) is 4.90 Å². The molecular formula is C13H17F2N3O. The number of anilines is 2. The van der Waals surface area contributed by atoms with Gasteiger partial charge in [-0.15, -0.1) is 0 Å². The van der Waals surface area contributed by atoms with Crippen LogP contribution in [0.3, 0.4) is 0 Å². The molecule has 0 bridgehead atoms. The Labute approximate surface area is 110 Å². The smallest absolute Gasteiger partial charge is 0.219 e. The lowest BCUT2D eigenvalue weighted by molar-refractivity contribution is -0.128. The summed E-state index contributed by atoms with van der Waals surface area (Å²) in [6.07, 6.45) is 0.703. The minimum Gasteiger partial charge on any atom is -0.397 e. The summed E-state index contributed by atoms with van der Waals surface area (Å²) in [5.74, 6) is -1.83. The average molecular weight is 269 g/mol. The third-order valence-electron chi connectivity index (χ3n) is 3.36. The minimum absolute atomic E-state index is 0.00506. The quantitative estimate of drug-likeness (QED) is 0.788. The van der Waals surface area contributed by atoms with Gasteiger partial charge in [-0.25, -0.2) is 8.78 Å². The van der Waals surface area contributed by atoms with Gasteiger partial charge in [-0.2, -0.15) is 0 Å². The summed E-state index contributed by atoms with van der Waals surface area (Å²) in [6, 6.07) is 2.38. The molecule has 0 aliphatic carbocycles. The van der Waals surface area contributed by atoms with Gasteiger partial charge in [0.05, 0.1) is 11.4 Å². The molecule has 0 aromatic heterocycles. The molecule has 0 spiro atoms. The highest BCUT2D eigenvalue weighted by Crippen LogP contribution is 2.29. The lowest BCUT2D eigenvalue weighted by atomic mass is 10.2. The van der Waals surface area contributed by atoms with E-state index < -0.39 is 11.6 Å². The van der Waals surface area contributed by atoms with Gasteiger partial charge in [-0.3, -0.25) is 4.79 Å². The van der Waals surface area contributed by atoms with Crippen molar-refractivity contribution in [2.75, 3.05) is 36.8 Å². The Bertz CT molecular complexity index is 493. The van der Waals surface area contributed by atoms with Gasteiger partial charge in [0, 0.05) is 33.1 Å². The molecule has 4 nitrogen and oxygen atoms in total. The SMILES string of the molecule is CC(=O)N1CCCN(c2c(N)ccc(F)c2F)CC1. The van der Waals surface area contributed by atoms with Crippen molar-refractivity contribution >= 4 is 17.3 Å². The number of carbonyl (C=O) groups excluding carboxylic acids is 1. The molecule has 6 heteroatoms. The molecule has 0 unspecified atom stereocenters. The van der Waals surface area contributed by atoms with Crippen LogP contribution >= 0.6 is 0 Å². The molecule has 1 aromatic carbocycles. The number of amides is 1. The zero-order valence-electron chi connectivity index (χ0n) is 10.8. The number of nitrogens with two attached hydrogens (primary N) is 1. The second-order valence-electron chi connectivity index (χ2n) is 4.65. The summed E-state index contributed by atoms with van der Waals surface area (Å²) in [6.45, 7) is 3.62. The number of carbonyl (C=O) groups is 1. The van der Waals surface area contributed by atoms with Gasteiger partial charge in [-0.1, -0.05) is 0 Å². The van der Waals surface area contributed by atoms with E-state index in [1.54, 1.807) is 9.80 Å². The van der Waals surface area contributed by atoms with Crippen LogP contribution in [0.5, 0.6) is 0 Å².